The lowest BCUT2D eigenvalue weighted by Crippen LogP contribution is -2.25. The maximum atomic E-state index is 11.8. The number of carbonyl (C=O) groups is 1. The number of amides is 1. The van der Waals surface area contributed by atoms with Crippen LogP contribution in [0.4, 0.5) is 5.69 Å². The third-order valence-corrected chi connectivity index (χ3v) is 3.01. The van der Waals surface area contributed by atoms with Crippen LogP contribution in [0.2, 0.25) is 5.15 Å². The van der Waals surface area contributed by atoms with Gasteiger partial charge in [-0.05, 0) is 19.1 Å². The van der Waals surface area contributed by atoms with Crippen LogP contribution in [0.5, 0.6) is 0 Å². The van der Waals surface area contributed by atoms with E-state index in [0.717, 1.165) is 11.4 Å². The molecule has 0 bridgehead atoms. The molecule has 1 saturated heterocycles. The second-order valence-corrected chi connectivity index (χ2v) is 4.33. The molecule has 1 aliphatic heterocycles. The lowest BCUT2D eigenvalue weighted by atomic mass is 10.1. The summed E-state index contributed by atoms with van der Waals surface area (Å²) in [5.41, 5.74) is 1.63. The summed E-state index contributed by atoms with van der Waals surface area (Å²) >= 11 is 5.79. The summed E-state index contributed by atoms with van der Waals surface area (Å²) in [5.74, 6) is 0.361. The van der Waals surface area contributed by atoms with E-state index in [1.54, 1.807) is 11.0 Å². The van der Waals surface area contributed by atoms with Crippen molar-refractivity contribution in [2.75, 3.05) is 11.4 Å². The summed E-state index contributed by atoms with van der Waals surface area (Å²) in [4.78, 5) is 17.7. The molecule has 84 valence electrons. The Labute approximate surface area is 99.7 Å². The molecule has 16 heavy (non-hydrogen) atoms. The van der Waals surface area contributed by atoms with Gasteiger partial charge in [0.2, 0.25) is 5.91 Å². The highest BCUT2D eigenvalue weighted by Crippen LogP contribution is 2.28. The molecule has 1 aliphatic rings. The predicted molar refractivity (Wildman–Crippen MR) is 64.6 cm³/mol. The van der Waals surface area contributed by atoms with Gasteiger partial charge in [-0.25, -0.2) is 4.98 Å². The summed E-state index contributed by atoms with van der Waals surface area (Å²) < 4.78 is 0. The maximum Gasteiger partial charge on any atom is 0.227 e. The molecule has 1 amide bonds. The molecule has 3 nitrogen and oxygen atoms in total. The molecule has 0 aliphatic carbocycles. The summed E-state index contributed by atoms with van der Waals surface area (Å²) in [6.45, 7) is 6.27. The second-order valence-electron chi connectivity index (χ2n) is 3.94. The van der Waals surface area contributed by atoms with Crippen LogP contribution >= 0.6 is 11.6 Å². The number of rotatable bonds is 2. The SMILES string of the molecule is C=CC1CC(=O)N(c2ccc(Cl)nc2C)C1. The Bertz CT molecular complexity index is 445. The quantitative estimate of drug-likeness (QED) is 0.584. The van der Waals surface area contributed by atoms with E-state index >= 15 is 0 Å². The van der Waals surface area contributed by atoms with Crippen molar-refractivity contribution >= 4 is 23.2 Å². The van der Waals surface area contributed by atoms with Crippen LogP contribution in [0.25, 0.3) is 0 Å². The molecule has 1 atom stereocenters. The standard InChI is InChI=1S/C12H13ClN2O/c1-3-9-6-12(16)15(7-9)10-4-5-11(13)14-8(10)2/h3-5,9H,1,6-7H2,2H3. The topological polar surface area (TPSA) is 33.2 Å². The largest absolute Gasteiger partial charge is 0.310 e. The zero-order valence-electron chi connectivity index (χ0n) is 9.11. The third kappa shape index (κ3) is 1.95. The number of anilines is 1. The summed E-state index contributed by atoms with van der Waals surface area (Å²) in [6.07, 6.45) is 2.36. The van der Waals surface area contributed by atoms with Crippen LogP contribution in [0.1, 0.15) is 12.1 Å². The fraction of sp³-hybridized carbons (Fsp3) is 0.333. The van der Waals surface area contributed by atoms with E-state index in [4.69, 9.17) is 11.6 Å². The molecule has 0 N–H and O–H groups in total. The van der Waals surface area contributed by atoms with E-state index in [1.807, 2.05) is 19.1 Å². The zero-order chi connectivity index (χ0) is 11.7. The van der Waals surface area contributed by atoms with Crippen molar-refractivity contribution in [1.82, 2.24) is 4.98 Å². The Kier molecular flexibility index (Phi) is 2.97. The number of aryl methyl sites for hydroxylation is 1. The lowest BCUT2D eigenvalue weighted by Gasteiger charge is -2.18. The molecule has 1 fully saturated rings. The highest BCUT2D eigenvalue weighted by Gasteiger charge is 2.29. The van der Waals surface area contributed by atoms with Crippen molar-refractivity contribution in [3.8, 4) is 0 Å². The normalized spacial score (nSPS) is 20.2. The molecule has 2 rings (SSSR count). The molecule has 0 spiro atoms. The highest BCUT2D eigenvalue weighted by molar-refractivity contribution is 6.29. The summed E-state index contributed by atoms with van der Waals surface area (Å²) in [7, 11) is 0. The number of halogens is 1. The van der Waals surface area contributed by atoms with Crippen molar-refractivity contribution in [3.05, 3.63) is 35.6 Å². The Balaban J connectivity index is 2.31. The number of hydrogen-bond donors (Lipinski definition) is 0. The molecular weight excluding hydrogens is 224 g/mol. The number of nitrogens with zero attached hydrogens (tertiary/aromatic N) is 2. The minimum absolute atomic E-state index is 0.122. The average Bonchev–Trinajstić information content (AvgIpc) is 2.60. The van der Waals surface area contributed by atoms with Gasteiger partial charge in [0.15, 0.2) is 0 Å². The van der Waals surface area contributed by atoms with Gasteiger partial charge >= 0.3 is 0 Å². The first-order valence-corrected chi connectivity index (χ1v) is 5.55. The molecule has 1 aromatic rings. The molecule has 0 saturated carbocycles. The van der Waals surface area contributed by atoms with Crippen molar-refractivity contribution in [1.29, 1.82) is 0 Å². The molecule has 2 heterocycles. The van der Waals surface area contributed by atoms with Gasteiger partial charge in [-0.15, -0.1) is 6.58 Å². The van der Waals surface area contributed by atoms with Gasteiger partial charge in [0, 0.05) is 18.9 Å². The molecule has 0 aromatic carbocycles. The van der Waals surface area contributed by atoms with E-state index < -0.39 is 0 Å². The van der Waals surface area contributed by atoms with Gasteiger partial charge in [-0.1, -0.05) is 17.7 Å². The summed E-state index contributed by atoms with van der Waals surface area (Å²) in [6, 6.07) is 3.55. The zero-order valence-corrected chi connectivity index (χ0v) is 9.87. The van der Waals surface area contributed by atoms with E-state index in [1.165, 1.54) is 0 Å². The van der Waals surface area contributed by atoms with Gasteiger partial charge < -0.3 is 4.90 Å². The van der Waals surface area contributed by atoms with Crippen molar-refractivity contribution in [2.24, 2.45) is 5.92 Å². The van der Waals surface area contributed by atoms with Gasteiger partial charge in [0.25, 0.3) is 0 Å². The Morgan fingerprint density at radius 3 is 2.94 bits per heavy atom. The van der Waals surface area contributed by atoms with Crippen LogP contribution in [-0.2, 0) is 4.79 Å². The number of aromatic nitrogens is 1. The minimum Gasteiger partial charge on any atom is -0.310 e. The van der Waals surface area contributed by atoms with E-state index in [2.05, 4.69) is 11.6 Å². The molecule has 0 radical (unpaired) electrons. The Morgan fingerprint density at radius 1 is 1.62 bits per heavy atom. The average molecular weight is 237 g/mol. The first-order chi connectivity index (χ1) is 7.61. The van der Waals surface area contributed by atoms with Gasteiger partial charge in [0.05, 0.1) is 11.4 Å². The first-order valence-electron chi connectivity index (χ1n) is 5.18. The van der Waals surface area contributed by atoms with Crippen LogP contribution in [0.3, 0.4) is 0 Å². The van der Waals surface area contributed by atoms with Gasteiger partial charge in [-0.2, -0.15) is 0 Å². The number of pyridine rings is 1. The predicted octanol–water partition coefficient (Wildman–Crippen LogP) is 2.58. The van der Waals surface area contributed by atoms with Crippen LogP contribution in [-0.4, -0.2) is 17.4 Å². The van der Waals surface area contributed by atoms with Crippen molar-refractivity contribution < 1.29 is 4.79 Å². The Hall–Kier alpha value is -1.35. The number of carbonyl (C=O) groups excluding carboxylic acids is 1. The lowest BCUT2D eigenvalue weighted by molar-refractivity contribution is -0.117. The van der Waals surface area contributed by atoms with E-state index in [0.29, 0.717) is 18.1 Å². The fourth-order valence-electron chi connectivity index (χ4n) is 1.93. The van der Waals surface area contributed by atoms with Crippen molar-refractivity contribution in [3.63, 3.8) is 0 Å². The maximum absolute atomic E-state index is 11.8. The molecule has 4 heteroatoms. The monoisotopic (exact) mass is 236 g/mol. The minimum atomic E-state index is 0.122. The third-order valence-electron chi connectivity index (χ3n) is 2.80. The molecule has 1 unspecified atom stereocenters. The first kappa shape index (κ1) is 11.1. The highest BCUT2D eigenvalue weighted by atomic mass is 35.5. The molecular formula is C12H13ClN2O. The van der Waals surface area contributed by atoms with Gasteiger partial charge in [-0.3, -0.25) is 4.79 Å². The second kappa shape index (κ2) is 4.26. The van der Waals surface area contributed by atoms with Gasteiger partial charge in [0.1, 0.15) is 5.15 Å². The van der Waals surface area contributed by atoms with Crippen LogP contribution in [0.15, 0.2) is 24.8 Å². The van der Waals surface area contributed by atoms with Crippen LogP contribution in [0, 0.1) is 12.8 Å². The van der Waals surface area contributed by atoms with E-state index in [-0.39, 0.29) is 11.8 Å². The smallest absolute Gasteiger partial charge is 0.227 e. The van der Waals surface area contributed by atoms with Crippen LogP contribution < -0.4 is 4.90 Å². The number of hydrogen-bond acceptors (Lipinski definition) is 2. The van der Waals surface area contributed by atoms with E-state index in [9.17, 15) is 4.79 Å². The molecule has 1 aromatic heterocycles. The van der Waals surface area contributed by atoms with Crippen molar-refractivity contribution in [2.45, 2.75) is 13.3 Å². The summed E-state index contributed by atoms with van der Waals surface area (Å²) in [5, 5.41) is 0.452. The fourth-order valence-corrected chi connectivity index (χ4v) is 2.12. The Morgan fingerprint density at radius 2 is 2.38 bits per heavy atom.